The van der Waals surface area contributed by atoms with Gasteiger partial charge in [0, 0.05) is 17.7 Å². The summed E-state index contributed by atoms with van der Waals surface area (Å²) in [6, 6.07) is 9.87. The summed E-state index contributed by atoms with van der Waals surface area (Å²) in [4.78, 5) is 0. The van der Waals surface area contributed by atoms with Crippen LogP contribution in [0.5, 0.6) is 5.75 Å². The third-order valence-corrected chi connectivity index (χ3v) is 3.49. The largest absolute Gasteiger partial charge is 0.483 e. The van der Waals surface area contributed by atoms with Gasteiger partial charge in [-0.15, -0.1) is 0 Å². The fourth-order valence-electron chi connectivity index (χ4n) is 1.86. The van der Waals surface area contributed by atoms with Gasteiger partial charge in [-0.25, -0.2) is 8.78 Å². The van der Waals surface area contributed by atoms with E-state index in [9.17, 15) is 8.78 Å². The van der Waals surface area contributed by atoms with Gasteiger partial charge < -0.3 is 10.5 Å². The van der Waals surface area contributed by atoms with Crippen molar-refractivity contribution < 1.29 is 13.5 Å². The van der Waals surface area contributed by atoms with E-state index in [1.54, 1.807) is 25.1 Å². The molecule has 2 aromatic carbocycles. The zero-order valence-electron chi connectivity index (χ0n) is 10.8. The van der Waals surface area contributed by atoms with Crippen LogP contribution in [-0.2, 0) is 0 Å². The predicted molar refractivity (Wildman–Crippen MR) is 77.5 cm³/mol. The van der Waals surface area contributed by atoms with Crippen LogP contribution in [0.15, 0.2) is 46.9 Å². The molecule has 0 saturated heterocycles. The lowest BCUT2D eigenvalue weighted by Gasteiger charge is -2.24. The van der Waals surface area contributed by atoms with Crippen molar-refractivity contribution >= 4 is 15.9 Å². The van der Waals surface area contributed by atoms with E-state index >= 15 is 0 Å². The molecule has 2 unspecified atom stereocenters. The highest BCUT2D eigenvalue weighted by molar-refractivity contribution is 9.10. The van der Waals surface area contributed by atoms with Gasteiger partial charge in [0.2, 0.25) is 0 Å². The van der Waals surface area contributed by atoms with Crippen molar-refractivity contribution in [3.05, 3.63) is 64.1 Å². The molecule has 2 atom stereocenters. The Bertz CT molecular complexity index is 604. The number of hydrogen-bond donors (Lipinski definition) is 1. The fourth-order valence-corrected chi connectivity index (χ4v) is 2.20. The maximum atomic E-state index is 13.9. The predicted octanol–water partition coefficient (Wildman–Crippen LogP) is 4.19. The quantitative estimate of drug-likeness (QED) is 0.904. The Kier molecular flexibility index (Phi) is 4.73. The lowest BCUT2D eigenvalue weighted by molar-refractivity contribution is 0.174. The summed E-state index contributed by atoms with van der Waals surface area (Å²) < 4.78 is 33.4. The molecule has 20 heavy (non-hydrogen) atoms. The van der Waals surface area contributed by atoms with Crippen molar-refractivity contribution in [1.29, 1.82) is 0 Å². The second-order valence-electron chi connectivity index (χ2n) is 4.49. The molecule has 0 aliphatic heterocycles. The van der Waals surface area contributed by atoms with Gasteiger partial charge in [-0.2, -0.15) is 0 Å². The molecule has 0 amide bonds. The minimum absolute atomic E-state index is 0.288. The number of benzene rings is 2. The molecule has 2 aromatic rings. The molecule has 0 heterocycles. The molecule has 0 aliphatic rings. The standard InChI is InChI=1S/C15H14BrF2NO/c1-9(19)15(11-4-2-3-5-13(11)18)20-14-8-10(17)6-7-12(14)16/h2-9,15H,19H2,1H3. The minimum Gasteiger partial charge on any atom is -0.483 e. The summed E-state index contributed by atoms with van der Waals surface area (Å²) in [7, 11) is 0. The van der Waals surface area contributed by atoms with E-state index < -0.39 is 23.8 Å². The summed E-state index contributed by atoms with van der Waals surface area (Å²) in [5.41, 5.74) is 6.22. The zero-order chi connectivity index (χ0) is 14.7. The van der Waals surface area contributed by atoms with Crippen molar-refractivity contribution in [2.45, 2.75) is 19.1 Å². The Morgan fingerprint density at radius 3 is 2.50 bits per heavy atom. The number of hydrogen-bond acceptors (Lipinski definition) is 2. The molecule has 0 saturated carbocycles. The summed E-state index contributed by atoms with van der Waals surface area (Å²) in [5.74, 6) is -0.543. The van der Waals surface area contributed by atoms with E-state index in [1.807, 2.05) is 0 Å². The van der Waals surface area contributed by atoms with E-state index in [0.717, 1.165) is 0 Å². The molecular weight excluding hydrogens is 328 g/mol. The zero-order valence-corrected chi connectivity index (χ0v) is 12.4. The van der Waals surface area contributed by atoms with Gasteiger partial charge in [-0.3, -0.25) is 0 Å². The van der Waals surface area contributed by atoms with Crippen molar-refractivity contribution in [3.8, 4) is 5.75 Å². The van der Waals surface area contributed by atoms with Crippen LogP contribution in [0.4, 0.5) is 8.78 Å². The van der Waals surface area contributed by atoms with Crippen LogP contribution < -0.4 is 10.5 Å². The van der Waals surface area contributed by atoms with Crippen molar-refractivity contribution in [3.63, 3.8) is 0 Å². The molecule has 0 spiro atoms. The smallest absolute Gasteiger partial charge is 0.141 e. The van der Waals surface area contributed by atoms with Crippen LogP contribution in [0.1, 0.15) is 18.6 Å². The van der Waals surface area contributed by atoms with Crippen molar-refractivity contribution in [2.24, 2.45) is 5.73 Å². The highest BCUT2D eigenvalue weighted by atomic mass is 79.9. The molecule has 0 fully saturated rings. The average Bonchev–Trinajstić information content (AvgIpc) is 2.40. The van der Waals surface area contributed by atoms with Crippen LogP contribution in [0.3, 0.4) is 0 Å². The second-order valence-corrected chi connectivity index (χ2v) is 5.35. The Morgan fingerprint density at radius 1 is 1.15 bits per heavy atom. The van der Waals surface area contributed by atoms with Crippen LogP contribution >= 0.6 is 15.9 Å². The molecule has 5 heteroatoms. The first-order chi connectivity index (χ1) is 9.49. The maximum Gasteiger partial charge on any atom is 0.141 e. The maximum absolute atomic E-state index is 13.9. The monoisotopic (exact) mass is 341 g/mol. The Labute approximate surface area is 124 Å². The molecule has 0 aromatic heterocycles. The fraction of sp³-hybridized carbons (Fsp3) is 0.200. The van der Waals surface area contributed by atoms with Gasteiger partial charge in [0.15, 0.2) is 0 Å². The lowest BCUT2D eigenvalue weighted by atomic mass is 10.0. The van der Waals surface area contributed by atoms with Gasteiger partial charge in [0.1, 0.15) is 23.5 Å². The summed E-state index contributed by atoms with van der Waals surface area (Å²) >= 11 is 3.27. The van der Waals surface area contributed by atoms with Crippen LogP contribution in [-0.4, -0.2) is 6.04 Å². The SMILES string of the molecule is CC(N)C(Oc1cc(F)ccc1Br)c1ccccc1F. The first-order valence-corrected chi connectivity index (χ1v) is 6.90. The van der Waals surface area contributed by atoms with Crippen molar-refractivity contribution in [2.75, 3.05) is 0 Å². The molecule has 2 nitrogen and oxygen atoms in total. The Hall–Kier alpha value is -1.46. The third-order valence-electron chi connectivity index (χ3n) is 2.84. The Morgan fingerprint density at radius 2 is 1.85 bits per heavy atom. The number of rotatable bonds is 4. The minimum atomic E-state index is -0.700. The topological polar surface area (TPSA) is 35.2 Å². The molecule has 0 aliphatic carbocycles. The highest BCUT2D eigenvalue weighted by Gasteiger charge is 2.22. The van der Waals surface area contributed by atoms with Crippen LogP contribution in [0.25, 0.3) is 0 Å². The van der Waals surface area contributed by atoms with E-state index in [-0.39, 0.29) is 5.75 Å². The van der Waals surface area contributed by atoms with Gasteiger partial charge in [-0.1, -0.05) is 18.2 Å². The molecule has 0 bridgehead atoms. The summed E-state index contributed by atoms with van der Waals surface area (Å²) in [6.45, 7) is 1.71. The number of halogens is 3. The van der Waals surface area contributed by atoms with E-state index in [1.165, 1.54) is 24.3 Å². The van der Waals surface area contributed by atoms with Gasteiger partial charge >= 0.3 is 0 Å². The molecule has 106 valence electrons. The molecule has 2 rings (SSSR count). The Balaban J connectivity index is 2.36. The molecular formula is C15H14BrF2NO. The van der Waals surface area contributed by atoms with E-state index in [2.05, 4.69) is 15.9 Å². The average molecular weight is 342 g/mol. The first kappa shape index (κ1) is 14.9. The number of nitrogens with two attached hydrogens (primary N) is 1. The van der Waals surface area contributed by atoms with Gasteiger partial charge in [-0.05, 0) is 41.1 Å². The van der Waals surface area contributed by atoms with Crippen LogP contribution in [0.2, 0.25) is 0 Å². The lowest BCUT2D eigenvalue weighted by Crippen LogP contribution is -2.29. The molecule has 0 radical (unpaired) electrons. The normalized spacial score (nSPS) is 13.8. The number of ether oxygens (including phenoxy) is 1. The second kappa shape index (κ2) is 6.33. The van der Waals surface area contributed by atoms with E-state index in [0.29, 0.717) is 10.0 Å². The molecule has 2 N–H and O–H groups in total. The van der Waals surface area contributed by atoms with Gasteiger partial charge in [0.05, 0.1) is 4.47 Å². The highest BCUT2D eigenvalue weighted by Crippen LogP contribution is 2.32. The summed E-state index contributed by atoms with van der Waals surface area (Å²) in [5, 5.41) is 0. The third kappa shape index (κ3) is 3.35. The van der Waals surface area contributed by atoms with Crippen LogP contribution in [0, 0.1) is 11.6 Å². The first-order valence-electron chi connectivity index (χ1n) is 6.10. The van der Waals surface area contributed by atoms with Gasteiger partial charge in [0.25, 0.3) is 0 Å². The summed E-state index contributed by atoms with van der Waals surface area (Å²) in [6.07, 6.45) is -0.700. The van der Waals surface area contributed by atoms with Crippen molar-refractivity contribution in [1.82, 2.24) is 0 Å². The van der Waals surface area contributed by atoms with E-state index in [4.69, 9.17) is 10.5 Å².